The molecule has 0 amide bonds. The minimum atomic E-state index is -2.36. The molecule has 6 unspecified atom stereocenters. The molecule has 7 rings (SSSR count). The molecule has 15 nitrogen and oxygen atoms in total. The first kappa shape index (κ1) is 38.4. The summed E-state index contributed by atoms with van der Waals surface area (Å²) in [4.78, 5) is 31.6. The number of aliphatic hydroxyl groups excluding tert-OH is 4. The predicted molar refractivity (Wildman–Crippen MR) is 202 cm³/mol. The summed E-state index contributed by atoms with van der Waals surface area (Å²) in [5.74, 6) is 0.734. The Morgan fingerprint density at radius 1 is 1.11 bits per heavy atom. The average Bonchev–Trinajstić information content (AvgIpc) is 3.77. The number of phenolic OH excluding ortho intramolecular Hbond substituents is 2. The van der Waals surface area contributed by atoms with Gasteiger partial charge in [0.2, 0.25) is 0 Å². The number of hydrogen-bond acceptors (Lipinski definition) is 15. The molecule has 0 fully saturated rings. The molecule has 4 aromatic rings. The molecule has 55 heavy (non-hydrogen) atoms. The number of phenols is 2. The van der Waals surface area contributed by atoms with Crippen LogP contribution in [0.5, 0.6) is 17.2 Å². The van der Waals surface area contributed by atoms with Crippen LogP contribution in [-0.4, -0.2) is 110 Å². The summed E-state index contributed by atoms with van der Waals surface area (Å²) < 4.78 is 13.1. The third kappa shape index (κ3) is 7.21. The fraction of sp³-hybridized carbons (Fsp3) is 0.400. The fourth-order valence-electron chi connectivity index (χ4n) is 7.50. The van der Waals surface area contributed by atoms with Gasteiger partial charge >= 0.3 is 0 Å². The monoisotopic (exact) mass is 759 g/mol. The van der Waals surface area contributed by atoms with Crippen LogP contribution in [0.3, 0.4) is 0 Å². The standard InChI is InChI=1S/C40H45N3O12/c1-21-12-31(47)28-13-24-14-33(39(2,9-11-41-3)54-36(24)34(37(28)53-21)43-17-23-8-10-42-29(23)18-43)55-52-20-40(51,38(50)35(49)32(48)19-44)16-22-4-7-30(46)26-6-5-25(45)15-27(22)26/h4-8,10,12-13,15,17,32-33,35,38,41,44-46,48-51H,9,11,14,16,18-20H2,1-3H3. The van der Waals surface area contributed by atoms with Crippen molar-refractivity contribution in [3.63, 3.8) is 0 Å². The number of benzene rings is 3. The Morgan fingerprint density at radius 3 is 2.65 bits per heavy atom. The Bertz CT molecular complexity index is 2270. The third-order valence-electron chi connectivity index (χ3n) is 10.7. The average molecular weight is 760 g/mol. The van der Waals surface area contributed by atoms with E-state index in [1.807, 2.05) is 24.1 Å². The van der Waals surface area contributed by atoms with E-state index in [-0.39, 0.29) is 23.3 Å². The molecule has 292 valence electrons. The smallest absolute Gasteiger partial charge is 0.193 e. The van der Waals surface area contributed by atoms with Crippen molar-refractivity contribution in [3.05, 3.63) is 93.6 Å². The minimum Gasteiger partial charge on any atom is -0.508 e. The highest BCUT2D eigenvalue weighted by atomic mass is 17.2. The molecule has 0 spiro atoms. The van der Waals surface area contributed by atoms with Crippen molar-refractivity contribution in [2.24, 2.45) is 4.99 Å². The van der Waals surface area contributed by atoms with Gasteiger partial charge in [0, 0.05) is 54.3 Å². The Kier molecular flexibility index (Phi) is 10.5. The second-order valence-corrected chi connectivity index (χ2v) is 14.7. The van der Waals surface area contributed by atoms with Crippen molar-refractivity contribution in [2.45, 2.75) is 68.7 Å². The van der Waals surface area contributed by atoms with E-state index < -0.39 is 55.3 Å². The molecule has 3 aromatic carbocycles. The molecule has 8 N–H and O–H groups in total. The maximum Gasteiger partial charge on any atom is 0.193 e. The van der Waals surface area contributed by atoms with Crippen molar-refractivity contribution in [1.29, 1.82) is 0 Å². The van der Waals surface area contributed by atoms with Gasteiger partial charge < -0.3 is 55.1 Å². The van der Waals surface area contributed by atoms with Crippen molar-refractivity contribution in [2.75, 3.05) is 38.3 Å². The third-order valence-corrected chi connectivity index (χ3v) is 10.7. The number of nitrogens with zero attached hydrogens (tertiary/aromatic N) is 2. The fourth-order valence-corrected chi connectivity index (χ4v) is 7.50. The summed E-state index contributed by atoms with van der Waals surface area (Å²) in [5.41, 5.74) is 0.0624. The Hall–Kier alpha value is -4.84. The maximum absolute atomic E-state index is 13.4. The normalized spacial score (nSPS) is 21.8. The SMILES string of the molecule is CNCCC1(C)Oc2c(cc3c(=O)cc(C)oc3c2N2C=C3C=CN=C3C2)CC1OOCC(O)(Cc1ccc(O)c2ccc(O)cc12)C(O)C(O)C(O)CO. The summed E-state index contributed by atoms with van der Waals surface area (Å²) in [7, 11) is 1.80. The molecule has 0 saturated heterocycles. The Labute approximate surface area is 315 Å². The van der Waals surface area contributed by atoms with Gasteiger partial charge in [-0.2, -0.15) is 0 Å². The predicted octanol–water partition coefficient (Wildman–Crippen LogP) is 2.01. The quantitative estimate of drug-likeness (QED) is 0.0680. The molecule has 15 heteroatoms. The lowest BCUT2D eigenvalue weighted by Crippen LogP contribution is -2.58. The van der Waals surface area contributed by atoms with E-state index in [9.17, 15) is 40.5 Å². The molecular weight excluding hydrogens is 714 g/mol. The molecule has 0 radical (unpaired) electrons. The van der Waals surface area contributed by atoms with E-state index in [1.165, 1.54) is 36.4 Å². The van der Waals surface area contributed by atoms with Crippen molar-refractivity contribution in [1.82, 2.24) is 5.32 Å². The van der Waals surface area contributed by atoms with Crippen LogP contribution < -0.4 is 20.4 Å². The molecule has 0 saturated carbocycles. The van der Waals surface area contributed by atoms with Crippen LogP contribution >= 0.6 is 0 Å². The van der Waals surface area contributed by atoms with Gasteiger partial charge in [-0.25, -0.2) is 9.78 Å². The number of hydrogen-bond donors (Lipinski definition) is 8. The van der Waals surface area contributed by atoms with Gasteiger partial charge in [-0.1, -0.05) is 6.07 Å². The molecule has 0 bridgehead atoms. The van der Waals surface area contributed by atoms with Crippen LogP contribution in [0.2, 0.25) is 0 Å². The first-order chi connectivity index (χ1) is 26.2. The van der Waals surface area contributed by atoms with Gasteiger partial charge in [0.1, 0.15) is 65.2 Å². The highest BCUT2D eigenvalue weighted by molar-refractivity contribution is 6.12. The van der Waals surface area contributed by atoms with Gasteiger partial charge in [-0.15, -0.1) is 0 Å². The zero-order chi connectivity index (χ0) is 39.2. The van der Waals surface area contributed by atoms with Crippen LogP contribution in [0.15, 0.2) is 80.7 Å². The number of anilines is 1. The van der Waals surface area contributed by atoms with Gasteiger partial charge in [-0.3, -0.25) is 9.79 Å². The molecule has 6 atom stereocenters. The Balaban J connectivity index is 1.23. The summed E-state index contributed by atoms with van der Waals surface area (Å²) in [5, 5.41) is 78.7. The zero-order valence-electron chi connectivity index (χ0n) is 30.6. The van der Waals surface area contributed by atoms with Crippen LogP contribution in [-0.2, 0) is 22.6 Å². The number of ether oxygens (including phenoxy) is 1. The first-order valence-electron chi connectivity index (χ1n) is 18.0. The number of allylic oxidation sites excluding steroid dienone is 1. The van der Waals surface area contributed by atoms with Crippen LogP contribution in [0, 0.1) is 6.92 Å². The summed E-state index contributed by atoms with van der Waals surface area (Å²) >= 11 is 0. The number of rotatable bonds is 14. The van der Waals surface area contributed by atoms with E-state index in [1.54, 1.807) is 26.2 Å². The molecule has 1 aromatic heterocycles. The lowest BCUT2D eigenvalue weighted by molar-refractivity contribution is -0.370. The van der Waals surface area contributed by atoms with Gasteiger partial charge in [-0.05, 0) is 74.8 Å². The maximum atomic E-state index is 13.4. The van der Waals surface area contributed by atoms with E-state index >= 15 is 0 Å². The second-order valence-electron chi connectivity index (χ2n) is 14.7. The number of aliphatic hydroxyl groups is 5. The summed E-state index contributed by atoms with van der Waals surface area (Å²) in [6.07, 6.45) is -0.974. The van der Waals surface area contributed by atoms with Crippen molar-refractivity contribution < 1.29 is 54.7 Å². The highest BCUT2D eigenvalue weighted by Crippen LogP contribution is 2.48. The summed E-state index contributed by atoms with van der Waals surface area (Å²) in [6.45, 7) is 2.84. The lowest BCUT2D eigenvalue weighted by Gasteiger charge is -2.43. The topological polar surface area (TPSA) is 227 Å². The summed E-state index contributed by atoms with van der Waals surface area (Å²) in [6, 6.07) is 10.3. The first-order valence-corrected chi connectivity index (χ1v) is 18.0. The number of aryl methyl sites for hydroxylation is 1. The number of nitrogens with one attached hydrogen (secondary N) is 1. The number of aromatic hydroxyl groups is 2. The van der Waals surface area contributed by atoms with E-state index in [0.717, 1.165) is 11.3 Å². The largest absolute Gasteiger partial charge is 0.508 e. The molecule has 3 aliphatic heterocycles. The van der Waals surface area contributed by atoms with Gasteiger partial charge in [0.05, 0.1) is 24.2 Å². The molecular formula is C40H45N3O12. The van der Waals surface area contributed by atoms with Crippen LogP contribution in [0.25, 0.3) is 21.7 Å². The van der Waals surface area contributed by atoms with Crippen molar-refractivity contribution >= 4 is 33.1 Å². The molecule has 4 heterocycles. The minimum absolute atomic E-state index is 0.0877. The van der Waals surface area contributed by atoms with E-state index in [4.69, 9.17) is 18.9 Å². The molecule has 3 aliphatic rings. The lowest BCUT2D eigenvalue weighted by atomic mass is 9.84. The van der Waals surface area contributed by atoms with Crippen molar-refractivity contribution in [3.8, 4) is 17.2 Å². The zero-order valence-corrected chi connectivity index (χ0v) is 30.6. The Morgan fingerprint density at radius 2 is 1.91 bits per heavy atom. The highest BCUT2D eigenvalue weighted by Gasteiger charge is 2.47. The number of fused-ring (bicyclic) bond motifs is 4. The van der Waals surface area contributed by atoms with Gasteiger partial charge in [0.25, 0.3) is 0 Å². The van der Waals surface area contributed by atoms with Gasteiger partial charge in [0.15, 0.2) is 16.8 Å². The van der Waals surface area contributed by atoms with Crippen LogP contribution in [0.1, 0.15) is 30.2 Å². The second kappa shape index (κ2) is 15.0. The van der Waals surface area contributed by atoms with E-state index in [2.05, 4.69) is 10.3 Å². The number of aliphatic imine (C=N–C) groups is 1. The molecule has 0 aliphatic carbocycles. The van der Waals surface area contributed by atoms with E-state index in [0.29, 0.717) is 69.6 Å². The van der Waals surface area contributed by atoms with Crippen LogP contribution in [0.4, 0.5) is 5.69 Å².